The molecule has 5 heteroatoms. The zero-order valence-corrected chi connectivity index (χ0v) is 13.1. The maximum Gasteiger partial charge on any atom is 0.150 e. The Morgan fingerprint density at radius 2 is 2.05 bits per heavy atom. The van der Waals surface area contributed by atoms with Gasteiger partial charge in [-0.25, -0.2) is 8.42 Å². The number of rotatable bonds is 5. The van der Waals surface area contributed by atoms with Gasteiger partial charge in [0.25, 0.3) is 0 Å². The average Bonchev–Trinajstić information content (AvgIpc) is 2.45. The molecule has 3 atom stereocenters. The molecule has 0 radical (unpaired) electrons. The van der Waals surface area contributed by atoms with Crippen LogP contribution in [0.2, 0.25) is 0 Å². The molecule has 1 aromatic rings. The number of nitrogens with zero attached hydrogens (tertiary/aromatic N) is 1. The lowest BCUT2D eigenvalue weighted by molar-refractivity contribution is 0.275. The molecule has 20 heavy (non-hydrogen) atoms. The molecule has 0 amide bonds. The number of sulfone groups is 1. The Bertz CT molecular complexity index is 516. The first-order valence-electron chi connectivity index (χ1n) is 7.34. The van der Waals surface area contributed by atoms with Crippen molar-refractivity contribution >= 4 is 9.84 Å². The standard InChI is InChI=1S/C15H24N2O2S/c1-3-17-15(12-7-9-16-10-8-12)13-5-4-6-14(11-13)20(2,18)19/h7-10,13-15,17H,3-6,11H2,1-2H3. The van der Waals surface area contributed by atoms with Gasteiger partial charge in [-0.2, -0.15) is 0 Å². The van der Waals surface area contributed by atoms with E-state index in [1.807, 2.05) is 12.1 Å². The molecule has 1 aliphatic carbocycles. The second kappa shape index (κ2) is 6.68. The van der Waals surface area contributed by atoms with Crippen molar-refractivity contribution in [2.24, 2.45) is 5.92 Å². The summed E-state index contributed by atoms with van der Waals surface area (Å²) in [5.74, 6) is 0.380. The van der Waals surface area contributed by atoms with Crippen molar-refractivity contribution in [3.8, 4) is 0 Å². The van der Waals surface area contributed by atoms with Crippen LogP contribution in [0.4, 0.5) is 0 Å². The zero-order chi connectivity index (χ0) is 14.6. The van der Waals surface area contributed by atoms with Crippen LogP contribution < -0.4 is 5.32 Å². The van der Waals surface area contributed by atoms with Crippen molar-refractivity contribution in [1.29, 1.82) is 0 Å². The van der Waals surface area contributed by atoms with Crippen molar-refractivity contribution in [1.82, 2.24) is 10.3 Å². The fourth-order valence-electron chi connectivity index (χ4n) is 3.22. The van der Waals surface area contributed by atoms with Crippen molar-refractivity contribution in [2.75, 3.05) is 12.8 Å². The van der Waals surface area contributed by atoms with Gasteiger partial charge in [0.05, 0.1) is 5.25 Å². The van der Waals surface area contributed by atoms with E-state index in [0.29, 0.717) is 5.92 Å². The van der Waals surface area contributed by atoms with E-state index >= 15 is 0 Å². The lowest BCUT2D eigenvalue weighted by atomic mass is 9.81. The fraction of sp³-hybridized carbons (Fsp3) is 0.667. The number of hydrogen-bond donors (Lipinski definition) is 1. The molecule has 0 saturated heterocycles. The average molecular weight is 296 g/mol. The van der Waals surface area contributed by atoms with E-state index in [0.717, 1.165) is 32.2 Å². The number of hydrogen-bond acceptors (Lipinski definition) is 4. The first-order valence-corrected chi connectivity index (χ1v) is 9.30. The third-order valence-corrected chi connectivity index (χ3v) is 5.87. The molecule has 0 aromatic carbocycles. The third-order valence-electron chi connectivity index (χ3n) is 4.23. The van der Waals surface area contributed by atoms with Crippen LogP contribution in [0, 0.1) is 5.92 Å². The van der Waals surface area contributed by atoms with Crippen molar-refractivity contribution < 1.29 is 8.42 Å². The Kier molecular flexibility index (Phi) is 5.16. The number of aromatic nitrogens is 1. The predicted octanol–water partition coefficient (Wildman–Crippen LogP) is 2.34. The normalized spacial score (nSPS) is 25.3. The lowest BCUT2D eigenvalue weighted by Crippen LogP contribution is -2.35. The summed E-state index contributed by atoms with van der Waals surface area (Å²) in [5, 5.41) is 3.34. The van der Waals surface area contributed by atoms with Crippen molar-refractivity contribution in [2.45, 2.75) is 43.9 Å². The topological polar surface area (TPSA) is 59.1 Å². The Morgan fingerprint density at radius 1 is 1.35 bits per heavy atom. The Labute approximate surface area is 121 Å². The second-order valence-corrected chi connectivity index (χ2v) is 8.02. The van der Waals surface area contributed by atoms with E-state index in [2.05, 4.69) is 17.2 Å². The summed E-state index contributed by atoms with van der Waals surface area (Å²) < 4.78 is 23.6. The molecule has 112 valence electrons. The minimum atomic E-state index is -2.93. The summed E-state index contributed by atoms with van der Waals surface area (Å²) in [5.41, 5.74) is 1.21. The Hall–Kier alpha value is -0.940. The van der Waals surface area contributed by atoms with Crippen LogP contribution in [0.1, 0.15) is 44.2 Å². The zero-order valence-electron chi connectivity index (χ0n) is 12.2. The maximum atomic E-state index is 11.8. The number of nitrogens with one attached hydrogen (secondary N) is 1. The highest BCUT2D eigenvalue weighted by Crippen LogP contribution is 2.36. The van der Waals surface area contributed by atoms with E-state index < -0.39 is 9.84 Å². The summed E-state index contributed by atoms with van der Waals surface area (Å²) in [7, 11) is -2.93. The van der Waals surface area contributed by atoms with E-state index in [4.69, 9.17) is 0 Å². The molecule has 4 nitrogen and oxygen atoms in total. The van der Waals surface area contributed by atoms with Gasteiger partial charge in [-0.15, -0.1) is 0 Å². The highest BCUT2D eigenvalue weighted by molar-refractivity contribution is 7.91. The predicted molar refractivity (Wildman–Crippen MR) is 81.2 cm³/mol. The van der Waals surface area contributed by atoms with Gasteiger partial charge in [0.15, 0.2) is 0 Å². The smallest absolute Gasteiger partial charge is 0.150 e. The van der Waals surface area contributed by atoms with E-state index in [9.17, 15) is 8.42 Å². The molecule has 1 N–H and O–H groups in total. The summed E-state index contributed by atoms with van der Waals surface area (Å²) in [4.78, 5) is 4.06. The van der Waals surface area contributed by atoms with Crippen molar-refractivity contribution in [3.63, 3.8) is 0 Å². The summed E-state index contributed by atoms with van der Waals surface area (Å²) in [6.07, 6.45) is 8.63. The SMILES string of the molecule is CCNC(c1ccncc1)C1CCCC(S(C)(=O)=O)C1. The third kappa shape index (κ3) is 3.79. The van der Waals surface area contributed by atoms with Gasteiger partial charge in [0.2, 0.25) is 0 Å². The van der Waals surface area contributed by atoms with Gasteiger partial charge in [-0.1, -0.05) is 13.3 Å². The van der Waals surface area contributed by atoms with Gasteiger partial charge in [0.1, 0.15) is 9.84 Å². The highest BCUT2D eigenvalue weighted by atomic mass is 32.2. The van der Waals surface area contributed by atoms with Crippen molar-refractivity contribution in [3.05, 3.63) is 30.1 Å². The molecule has 1 aliphatic rings. The second-order valence-electron chi connectivity index (χ2n) is 5.69. The highest BCUT2D eigenvalue weighted by Gasteiger charge is 2.33. The molecule has 0 aliphatic heterocycles. The van der Waals surface area contributed by atoms with Gasteiger partial charge in [-0.05, 0) is 49.4 Å². The van der Waals surface area contributed by atoms with Crippen LogP contribution in [0.5, 0.6) is 0 Å². The van der Waals surface area contributed by atoms with Gasteiger partial charge in [-0.3, -0.25) is 4.98 Å². The van der Waals surface area contributed by atoms with Crippen LogP contribution >= 0.6 is 0 Å². The van der Waals surface area contributed by atoms with E-state index in [1.54, 1.807) is 12.4 Å². The quantitative estimate of drug-likeness (QED) is 0.906. The van der Waals surface area contributed by atoms with Crippen LogP contribution in [0.3, 0.4) is 0 Å². The fourth-order valence-corrected chi connectivity index (χ4v) is 4.41. The van der Waals surface area contributed by atoms with Gasteiger partial charge < -0.3 is 5.32 Å². The molecule has 0 spiro atoms. The molecule has 0 bridgehead atoms. The van der Waals surface area contributed by atoms with E-state index in [1.165, 1.54) is 11.8 Å². The minimum Gasteiger partial charge on any atom is -0.310 e. The molecule has 3 unspecified atom stereocenters. The van der Waals surface area contributed by atoms with Gasteiger partial charge >= 0.3 is 0 Å². The van der Waals surface area contributed by atoms with Gasteiger partial charge in [0, 0.05) is 24.7 Å². The summed E-state index contributed by atoms with van der Waals surface area (Å²) in [6, 6.07) is 4.28. The first kappa shape index (κ1) is 15.4. The largest absolute Gasteiger partial charge is 0.310 e. The first-order chi connectivity index (χ1) is 9.52. The monoisotopic (exact) mass is 296 g/mol. The molecule has 1 saturated carbocycles. The number of pyridine rings is 1. The molecule has 1 heterocycles. The maximum absolute atomic E-state index is 11.8. The summed E-state index contributed by atoms with van der Waals surface area (Å²) in [6.45, 7) is 2.97. The van der Waals surface area contributed by atoms with E-state index in [-0.39, 0.29) is 11.3 Å². The molecule has 2 rings (SSSR count). The Balaban J connectivity index is 2.17. The lowest BCUT2D eigenvalue weighted by Gasteiger charge is -2.34. The van der Waals surface area contributed by atoms with Crippen LogP contribution in [-0.4, -0.2) is 31.5 Å². The Morgan fingerprint density at radius 3 is 2.65 bits per heavy atom. The summed E-state index contributed by atoms with van der Waals surface area (Å²) >= 11 is 0. The minimum absolute atomic E-state index is 0.177. The van der Waals surface area contributed by atoms with Crippen LogP contribution in [-0.2, 0) is 9.84 Å². The molecular weight excluding hydrogens is 272 g/mol. The molecular formula is C15H24N2O2S. The van der Waals surface area contributed by atoms with Crippen LogP contribution in [0.25, 0.3) is 0 Å². The van der Waals surface area contributed by atoms with Crippen LogP contribution in [0.15, 0.2) is 24.5 Å². The molecule has 1 aromatic heterocycles. The molecule has 1 fully saturated rings.